The molecule has 0 saturated heterocycles. The van der Waals surface area contributed by atoms with Gasteiger partial charge in [0.15, 0.2) is 0 Å². The summed E-state index contributed by atoms with van der Waals surface area (Å²) in [5.74, 6) is -1.48. The van der Waals surface area contributed by atoms with Crippen molar-refractivity contribution in [1.82, 2.24) is 0 Å². The second-order valence-corrected chi connectivity index (χ2v) is 10.9. The number of halogens is 2. The Morgan fingerprint density at radius 1 is 0.909 bits per heavy atom. The highest BCUT2D eigenvalue weighted by Gasteiger charge is 2.24. The van der Waals surface area contributed by atoms with Gasteiger partial charge in [0.2, 0.25) is 0 Å². The Balaban J connectivity index is 1.92. The van der Waals surface area contributed by atoms with Gasteiger partial charge in [0, 0.05) is 10.2 Å². The maximum atomic E-state index is 13.9. The molecule has 2 N–H and O–H groups in total. The van der Waals surface area contributed by atoms with E-state index < -0.39 is 36.7 Å². The molecule has 3 aromatic carbocycles. The number of hydrogen-bond acceptors (Lipinski definition) is 6. The number of nitrogens with one attached hydrogen (secondary N) is 2. The number of benzene rings is 3. The fraction of sp³-hybridized carbons (Fsp3) is 0.0952. The molecule has 0 saturated carbocycles. The first-order valence-electron chi connectivity index (χ1n) is 9.40. The smallest absolute Gasteiger partial charge is 0.338 e. The average molecular weight is 557 g/mol. The Kier molecular flexibility index (Phi) is 7.40. The fourth-order valence-corrected chi connectivity index (χ4v) is 5.36. The van der Waals surface area contributed by atoms with Gasteiger partial charge in [-0.1, -0.05) is 15.9 Å². The van der Waals surface area contributed by atoms with Crippen LogP contribution in [0.3, 0.4) is 0 Å². The van der Waals surface area contributed by atoms with Crippen molar-refractivity contribution in [1.29, 1.82) is 0 Å². The second kappa shape index (κ2) is 9.89. The van der Waals surface area contributed by atoms with E-state index in [0.29, 0.717) is 6.07 Å². The molecular formula is C21H18BrFN2O6S2. The van der Waals surface area contributed by atoms with Crippen LogP contribution in [0.1, 0.15) is 17.3 Å². The summed E-state index contributed by atoms with van der Waals surface area (Å²) < 4.78 is 75.3. The summed E-state index contributed by atoms with van der Waals surface area (Å²) in [6.07, 6.45) is 0. The maximum absolute atomic E-state index is 13.9. The molecule has 0 amide bonds. The summed E-state index contributed by atoms with van der Waals surface area (Å²) in [6, 6.07) is 13.7. The molecule has 0 radical (unpaired) electrons. The first kappa shape index (κ1) is 24.7. The lowest BCUT2D eigenvalue weighted by atomic mass is 10.2. The van der Waals surface area contributed by atoms with Gasteiger partial charge in [-0.2, -0.15) is 0 Å². The Morgan fingerprint density at radius 2 is 1.55 bits per heavy atom. The van der Waals surface area contributed by atoms with E-state index >= 15 is 0 Å². The third-order valence-corrected chi connectivity index (χ3v) is 7.58. The number of esters is 1. The van der Waals surface area contributed by atoms with Crippen molar-refractivity contribution in [2.75, 3.05) is 16.1 Å². The quantitative estimate of drug-likeness (QED) is 0.398. The van der Waals surface area contributed by atoms with Crippen LogP contribution in [-0.4, -0.2) is 29.4 Å². The van der Waals surface area contributed by atoms with Crippen LogP contribution < -0.4 is 9.44 Å². The topological polar surface area (TPSA) is 119 Å². The lowest BCUT2D eigenvalue weighted by Gasteiger charge is -2.15. The van der Waals surface area contributed by atoms with Crippen molar-refractivity contribution >= 4 is 53.3 Å². The molecule has 0 aromatic heterocycles. The number of hydrogen-bond donors (Lipinski definition) is 2. The zero-order valence-corrected chi connectivity index (χ0v) is 20.3. The minimum absolute atomic E-state index is 0.152. The third-order valence-electron chi connectivity index (χ3n) is 4.25. The zero-order chi connectivity index (χ0) is 24.2. The van der Waals surface area contributed by atoms with Crippen LogP contribution in [0.4, 0.5) is 15.8 Å². The SMILES string of the molecule is CCOC(=O)c1ccc(S(=O)(=O)Nc2ccc(F)cc2S(=O)(=O)Nc2ccc(Br)cc2)cc1. The van der Waals surface area contributed by atoms with Gasteiger partial charge in [0.25, 0.3) is 20.0 Å². The van der Waals surface area contributed by atoms with E-state index in [-0.39, 0.29) is 28.4 Å². The second-order valence-electron chi connectivity index (χ2n) is 6.60. The number of ether oxygens (including phenoxy) is 1. The highest BCUT2D eigenvalue weighted by Crippen LogP contribution is 2.28. The van der Waals surface area contributed by atoms with Crippen LogP contribution in [-0.2, 0) is 24.8 Å². The van der Waals surface area contributed by atoms with E-state index in [9.17, 15) is 26.0 Å². The van der Waals surface area contributed by atoms with Gasteiger partial charge in [-0.25, -0.2) is 26.0 Å². The predicted octanol–water partition coefficient (Wildman–Crippen LogP) is 4.37. The highest BCUT2D eigenvalue weighted by molar-refractivity contribution is 9.10. The highest BCUT2D eigenvalue weighted by atomic mass is 79.9. The van der Waals surface area contributed by atoms with Crippen molar-refractivity contribution in [3.8, 4) is 0 Å². The van der Waals surface area contributed by atoms with E-state index in [4.69, 9.17) is 4.74 Å². The Bertz CT molecular complexity index is 1380. The Hall–Kier alpha value is -2.96. The van der Waals surface area contributed by atoms with Gasteiger partial charge in [-0.05, 0) is 73.7 Å². The number of sulfonamides is 2. The van der Waals surface area contributed by atoms with Crippen molar-refractivity contribution < 1.29 is 30.8 Å². The van der Waals surface area contributed by atoms with E-state index in [2.05, 4.69) is 25.4 Å². The summed E-state index contributed by atoms with van der Waals surface area (Å²) in [5, 5.41) is 0. The average Bonchev–Trinajstić information content (AvgIpc) is 2.76. The van der Waals surface area contributed by atoms with Gasteiger partial charge in [0.1, 0.15) is 10.7 Å². The van der Waals surface area contributed by atoms with Crippen molar-refractivity contribution in [3.63, 3.8) is 0 Å². The normalized spacial score (nSPS) is 11.6. The number of carbonyl (C=O) groups excluding carboxylic acids is 1. The number of carbonyl (C=O) groups is 1. The van der Waals surface area contributed by atoms with Crippen LogP contribution in [0.2, 0.25) is 0 Å². The molecule has 0 aliphatic carbocycles. The van der Waals surface area contributed by atoms with Crippen molar-refractivity contribution in [2.45, 2.75) is 16.7 Å². The standard InChI is InChI=1S/C21H18BrFN2O6S2/c1-2-31-21(26)14-3-10-18(11-4-14)32(27,28)25-19-12-7-16(23)13-20(19)33(29,30)24-17-8-5-15(22)6-9-17/h3-13,24-25H,2H2,1H3. The Morgan fingerprint density at radius 3 is 2.15 bits per heavy atom. The first-order valence-corrected chi connectivity index (χ1v) is 13.2. The van der Waals surface area contributed by atoms with E-state index in [1.165, 1.54) is 36.4 Å². The van der Waals surface area contributed by atoms with Gasteiger partial charge >= 0.3 is 5.97 Å². The monoisotopic (exact) mass is 556 g/mol. The van der Waals surface area contributed by atoms with Crippen molar-refractivity contribution in [2.24, 2.45) is 0 Å². The van der Waals surface area contributed by atoms with E-state index in [1.54, 1.807) is 19.1 Å². The molecule has 0 atom stereocenters. The Labute approximate surface area is 199 Å². The summed E-state index contributed by atoms with van der Waals surface area (Å²) >= 11 is 3.24. The molecule has 0 aliphatic rings. The van der Waals surface area contributed by atoms with Crippen LogP contribution in [0, 0.1) is 5.82 Å². The number of rotatable bonds is 8. The van der Waals surface area contributed by atoms with Gasteiger partial charge < -0.3 is 4.74 Å². The molecule has 0 unspecified atom stereocenters. The molecular weight excluding hydrogens is 539 g/mol. The summed E-state index contributed by atoms with van der Waals surface area (Å²) in [7, 11) is -8.62. The third kappa shape index (κ3) is 6.09. The summed E-state index contributed by atoms with van der Waals surface area (Å²) in [5.41, 5.74) is 0.000787. The molecule has 33 heavy (non-hydrogen) atoms. The molecule has 3 aromatic rings. The molecule has 3 rings (SSSR count). The van der Waals surface area contributed by atoms with E-state index in [0.717, 1.165) is 16.6 Å². The van der Waals surface area contributed by atoms with Gasteiger partial charge in [-0.3, -0.25) is 9.44 Å². The predicted molar refractivity (Wildman–Crippen MR) is 125 cm³/mol. The van der Waals surface area contributed by atoms with Crippen molar-refractivity contribution in [3.05, 3.63) is 82.6 Å². The fourth-order valence-electron chi connectivity index (χ4n) is 2.72. The minimum Gasteiger partial charge on any atom is -0.462 e. The molecule has 0 fully saturated rings. The molecule has 12 heteroatoms. The lowest BCUT2D eigenvalue weighted by molar-refractivity contribution is 0.0526. The van der Waals surface area contributed by atoms with Crippen LogP contribution >= 0.6 is 15.9 Å². The van der Waals surface area contributed by atoms with Gasteiger partial charge in [-0.15, -0.1) is 0 Å². The first-order chi connectivity index (χ1) is 15.5. The number of anilines is 2. The maximum Gasteiger partial charge on any atom is 0.338 e. The molecule has 0 bridgehead atoms. The molecule has 174 valence electrons. The molecule has 0 spiro atoms. The lowest BCUT2D eigenvalue weighted by Crippen LogP contribution is -2.19. The zero-order valence-electron chi connectivity index (χ0n) is 17.1. The van der Waals surface area contributed by atoms with E-state index in [1.807, 2.05) is 0 Å². The molecule has 0 heterocycles. The summed E-state index contributed by atoms with van der Waals surface area (Å²) in [4.78, 5) is 10.9. The molecule has 8 nitrogen and oxygen atoms in total. The summed E-state index contributed by atoms with van der Waals surface area (Å²) in [6.45, 7) is 1.80. The molecule has 0 aliphatic heterocycles. The largest absolute Gasteiger partial charge is 0.462 e. The van der Waals surface area contributed by atoms with Gasteiger partial charge in [0.05, 0.1) is 22.8 Å². The van der Waals surface area contributed by atoms with Crippen LogP contribution in [0.15, 0.2) is 81.0 Å². The van der Waals surface area contributed by atoms with Crippen LogP contribution in [0.5, 0.6) is 0 Å². The minimum atomic E-state index is -4.35. The van der Waals surface area contributed by atoms with Crippen LogP contribution in [0.25, 0.3) is 0 Å².